The third-order valence-corrected chi connectivity index (χ3v) is 2.57. The van der Waals surface area contributed by atoms with E-state index in [-0.39, 0.29) is 24.0 Å². The van der Waals surface area contributed by atoms with Crippen LogP contribution in [0.15, 0.2) is 0 Å². The quantitative estimate of drug-likeness (QED) is 0.790. The van der Waals surface area contributed by atoms with Gasteiger partial charge in [0.1, 0.15) is 5.69 Å². The summed E-state index contributed by atoms with van der Waals surface area (Å²) in [7, 11) is 1.53. The van der Waals surface area contributed by atoms with Gasteiger partial charge in [-0.05, 0) is 13.0 Å². The lowest BCUT2D eigenvalue weighted by Crippen LogP contribution is -2.18. The molecule has 98 valence electrons. The normalized spacial score (nSPS) is 13.3. The molecule has 0 saturated heterocycles. The molecule has 0 aliphatic carbocycles. The summed E-state index contributed by atoms with van der Waals surface area (Å²) in [4.78, 5) is 0. The second-order valence-electron chi connectivity index (χ2n) is 3.72. The highest BCUT2D eigenvalue weighted by Gasteiger charge is 2.25. The summed E-state index contributed by atoms with van der Waals surface area (Å²) in [6, 6.07) is -0.219. The lowest BCUT2D eigenvalue weighted by Gasteiger charge is -2.16. The maximum Gasteiger partial charge on any atom is 0.281 e. The Kier molecular flexibility index (Phi) is 5.43. The zero-order chi connectivity index (χ0) is 12.8. The molecule has 0 saturated carbocycles. The summed E-state index contributed by atoms with van der Waals surface area (Å²) in [5.41, 5.74) is 5.50. The fraction of sp³-hybridized carbons (Fsp3) is 0.800. The van der Waals surface area contributed by atoms with Gasteiger partial charge in [0.05, 0.1) is 18.3 Å². The van der Waals surface area contributed by atoms with Gasteiger partial charge in [-0.2, -0.15) is 0 Å². The number of halogens is 2. The first-order valence-electron chi connectivity index (χ1n) is 5.56. The molecular weight excluding hydrogens is 230 g/mol. The first-order chi connectivity index (χ1) is 8.15. The Hall–Kier alpha value is -1.08. The SMILES string of the molecule is CCC(COC)n1nnc(CCN)c1C(F)F. The van der Waals surface area contributed by atoms with E-state index in [1.807, 2.05) is 6.92 Å². The fourth-order valence-electron chi connectivity index (χ4n) is 1.70. The highest BCUT2D eigenvalue weighted by molar-refractivity contribution is 5.13. The number of hydrogen-bond donors (Lipinski definition) is 1. The van der Waals surface area contributed by atoms with Crippen molar-refractivity contribution in [1.82, 2.24) is 15.0 Å². The molecule has 1 aromatic heterocycles. The van der Waals surface area contributed by atoms with Crippen molar-refractivity contribution in [3.8, 4) is 0 Å². The summed E-state index contributed by atoms with van der Waals surface area (Å²) in [5, 5.41) is 7.57. The predicted octanol–water partition coefficient (Wildman–Crippen LogP) is 1.31. The maximum atomic E-state index is 13.0. The standard InChI is InChI=1S/C10H18F2N4O/c1-3-7(6-17-2)16-9(10(11)12)8(4-5-13)14-15-16/h7,10H,3-6,13H2,1-2H3. The zero-order valence-corrected chi connectivity index (χ0v) is 10.1. The van der Waals surface area contributed by atoms with Crippen LogP contribution in [-0.2, 0) is 11.2 Å². The van der Waals surface area contributed by atoms with E-state index in [1.165, 1.54) is 11.8 Å². The van der Waals surface area contributed by atoms with Crippen molar-refractivity contribution in [3.63, 3.8) is 0 Å². The molecule has 0 fully saturated rings. The number of ether oxygens (including phenoxy) is 1. The van der Waals surface area contributed by atoms with Gasteiger partial charge >= 0.3 is 0 Å². The smallest absolute Gasteiger partial charge is 0.281 e. The van der Waals surface area contributed by atoms with Crippen molar-refractivity contribution in [2.75, 3.05) is 20.3 Å². The Labute approximate surface area is 98.9 Å². The van der Waals surface area contributed by atoms with Gasteiger partial charge in [-0.1, -0.05) is 12.1 Å². The first-order valence-corrected chi connectivity index (χ1v) is 5.56. The van der Waals surface area contributed by atoms with Crippen LogP contribution in [0.2, 0.25) is 0 Å². The minimum absolute atomic E-state index is 0.139. The molecule has 5 nitrogen and oxygen atoms in total. The number of aromatic nitrogens is 3. The number of nitrogens with two attached hydrogens (primary N) is 1. The van der Waals surface area contributed by atoms with Crippen molar-refractivity contribution in [3.05, 3.63) is 11.4 Å². The highest BCUT2D eigenvalue weighted by atomic mass is 19.3. The number of rotatable bonds is 7. The average molecular weight is 248 g/mol. The Morgan fingerprint density at radius 3 is 2.65 bits per heavy atom. The van der Waals surface area contributed by atoms with Gasteiger partial charge in [-0.3, -0.25) is 0 Å². The lowest BCUT2D eigenvalue weighted by molar-refractivity contribution is 0.113. The van der Waals surface area contributed by atoms with E-state index in [4.69, 9.17) is 10.5 Å². The number of hydrogen-bond acceptors (Lipinski definition) is 4. The monoisotopic (exact) mass is 248 g/mol. The van der Waals surface area contributed by atoms with Crippen LogP contribution in [0.4, 0.5) is 8.78 Å². The number of methoxy groups -OCH3 is 1. The summed E-state index contributed by atoms with van der Waals surface area (Å²) in [6.45, 7) is 2.50. The van der Waals surface area contributed by atoms with E-state index in [9.17, 15) is 8.78 Å². The van der Waals surface area contributed by atoms with Gasteiger partial charge in [0.15, 0.2) is 0 Å². The molecule has 7 heteroatoms. The highest BCUT2D eigenvalue weighted by Crippen LogP contribution is 2.25. The van der Waals surface area contributed by atoms with E-state index in [1.54, 1.807) is 0 Å². The third kappa shape index (κ3) is 3.19. The molecule has 0 bridgehead atoms. The number of alkyl halides is 2. The molecule has 2 N–H and O–H groups in total. The second-order valence-corrected chi connectivity index (χ2v) is 3.72. The Bertz CT molecular complexity index is 343. The molecule has 0 aliphatic heterocycles. The molecule has 0 aromatic carbocycles. The average Bonchev–Trinajstić information content (AvgIpc) is 2.70. The number of nitrogens with zero attached hydrogens (tertiary/aromatic N) is 3. The first kappa shape index (κ1) is 14.0. The van der Waals surface area contributed by atoms with E-state index in [0.717, 1.165) is 0 Å². The minimum atomic E-state index is -2.60. The molecule has 1 aromatic rings. The predicted molar refractivity (Wildman–Crippen MR) is 58.9 cm³/mol. The van der Waals surface area contributed by atoms with Crippen molar-refractivity contribution < 1.29 is 13.5 Å². The van der Waals surface area contributed by atoms with Crippen LogP contribution in [-0.4, -0.2) is 35.3 Å². The summed E-state index contributed by atoms with van der Waals surface area (Å²) < 4.78 is 32.3. The minimum Gasteiger partial charge on any atom is -0.382 e. The van der Waals surface area contributed by atoms with Crippen molar-refractivity contribution >= 4 is 0 Å². The second kappa shape index (κ2) is 6.61. The van der Waals surface area contributed by atoms with Crippen LogP contribution in [0.25, 0.3) is 0 Å². The van der Waals surface area contributed by atoms with Crippen molar-refractivity contribution in [2.45, 2.75) is 32.2 Å². The van der Waals surface area contributed by atoms with Crippen LogP contribution in [0.3, 0.4) is 0 Å². The van der Waals surface area contributed by atoms with Crippen LogP contribution in [0.5, 0.6) is 0 Å². The van der Waals surface area contributed by atoms with E-state index in [2.05, 4.69) is 10.3 Å². The van der Waals surface area contributed by atoms with E-state index < -0.39 is 6.43 Å². The largest absolute Gasteiger partial charge is 0.382 e. The van der Waals surface area contributed by atoms with Crippen molar-refractivity contribution in [1.29, 1.82) is 0 Å². The van der Waals surface area contributed by atoms with Crippen LogP contribution in [0.1, 0.15) is 37.2 Å². The molecule has 17 heavy (non-hydrogen) atoms. The molecule has 0 spiro atoms. The molecule has 1 atom stereocenters. The van der Waals surface area contributed by atoms with Gasteiger partial charge in [-0.25, -0.2) is 13.5 Å². The van der Waals surface area contributed by atoms with Gasteiger partial charge in [0.25, 0.3) is 6.43 Å². The molecule has 0 aliphatic rings. The van der Waals surface area contributed by atoms with Crippen LogP contribution >= 0.6 is 0 Å². The van der Waals surface area contributed by atoms with Gasteiger partial charge < -0.3 is 10.5 Å². The lowest BCUT2D eigenvalue weighted by atomic mass is 10.2. The van der Waals surface area contributed by atoms with Crippen LogP contribution < -0.4 is 5.73 Å². The maximum absolute atomic E-state index is 13.0. The molecular formula is C10H18F2N4O. The van der Waals surface area contributed by atoms with Gasteiger partial charge in [-0.15, -0.1) is 5.10 Å². The molecule has 0 radical (unpaired) electrons. The van der Waals surface area contributed by atoms with Crippen molar-refractivity contribution in [2.24, 2.45) is 5.73 Å². The zero-order valence-electron chi connectivity index (χ0n) is 10.1. The summed E-state index contributed by atoms with van der Waals surface area (Å²) in [5.74, 6) is 0. The topological polar surface area (TPSA) is 66.0 Å². The van der Waals surface area contributed by atoms with Crippen LogP contribution in [0, 0.1) is 0 Å². The Morgan fingerprint density at radius 1 is 1.47 bits per heavy atom. The van der Waals surface area contributed by atoms with E-state index in [0.29, 0.717) is 19.4 Å². The molecule has 0 amide bonds. The Morgan fingerprint density at radius 2 is 2.18 bits per heavy atom. The van der Waals surface area contributed by atoms with E-state index >= 15 is 0 Å². The molecule has 1 heterocycles. The van der Waals surface area contributed by atoms with Gasteiger partial charge in [0, 0.05) is 13.5 Å². The summed E-state index contributed by atoms with van der Waals surface area (Å²) in [6.07, 6.45) is -1.64. The molecule has 1 unspecified atom stereocenters. The fourth-order valence-corrected chi connectivity index (χ4v) is 1.70. The van der Waals surface area contributed by atoms with Gasteiger partial charge in [0.2, 0.25) is 0 Å². The Balaban J connectivity index is 3.05. The summed E-state index contributed by atoms with van der Waals surface area (Å²) >= 11 is 0. The third-order valence-electron chi connectivity index (χ3n) is 2.57. The molecule has 1 rings (SSSR count).